The summed E-state index contributed by atoms with van der Waals surface area (Å²) in [4.78, 5) is 17.0. The van der Waals surface area contributed by atoms with Crippen LogP contribution in [0.25, 0.3) is 0 Å². The van der Waals surface area contributed by atoms with Gasteiger partial charge < -0.3 is 9.72 Å². The van der Waals surface area contributed by atoms with Crippen molar-refractivity contribution >= 4 is 11.6 Å². The van der Waals surface area contributed by atoms with Gasteiger partial charge in [-0.25, -0.2) is 0 Å². The Balaban J connectivity index is 3.12. The summed E-state index contributed by atoms with van der Waals surface area (Å²) in [6.45, 7) is 0. The molecule has 0 unspecified atom stereocenters. The third-order valence-electron chi connectivity index (χ3n) is 1.11. The van der Waals surface area contributed by atoms with E-state index in [0.717, 1.165) is 0 Å². The second-order valence-corrected chi connectivity index (χ2v) is 2.15. The Morgan fingerprint density at radius 1 is 1.82 bits per heavy atom. The van der Waals surface area contributed by atoms with Crippen molar-refractivity contribution in [1.29, 1.82) is 0 Å². The number of ether oxygens (including phenoxy) is 1. The summed E-state index contributed by atoms with van der Waals surface area (Å²) in [7, 11) is 1.43. The van der Waals surface area contributed by atoms with Crippen LogP contribution in [0.2, 0.25) is 0 Å². The zero-order valence-corrected chi connectivity index (χ0v) is 6.68. The SMILES string of the molecule is COc1nc(=O)cc(CCl)[nH]1. The average Bonchev–Trinajstić information content (AvgIpc) is 2.03. The maximum Gasteiger partial charge on any atom is 0.296 e. The first-order valence-corrected chi connectivity index (χ1v) is 3.50. The molecular weight excluding hydrogens is 168 g/mol. The first-order valence-electron chi connectivity index (χ1n) is 2.96. The van der Waals surface area contributed by atoms with Gasteiger partial charge in [0.05, 0.1) is 13.0 Å². The Bertz CT molecular complexity index is 272. The highest BCUT2D eigenvalue weighted by atomic mass is 35.5. The molecule has 0 spiro atoms. The van der Waals surface area contributed by atoms with E-state index in [1.165, 1.54) is 13.2 Å². The van der Waals surface area contributed by atoms with Gasteiger partial charge >= 0.3 is 0 Å². The summed E-state index contributed by atoms with van der Waals surface area (Å²) in [5.74, 6) is 0.244. The molecule has 11 heavy (non-hydrogen) atoms. The van der Waals surface area contributed by atoms with Crippen molar-refractivity contribution in [3.8, 4) is 6.01 Å². The highest BCUT2D eigenvalue weighted by Gasteiger charge is 1.97. The lowest BCUT2D eigenvalue weighted by Crippen LogP contribution is -2.09. The molecule has 0 aliphatic carbocycles. The van der Waals surface area contributed by atoms with Gasteiger partial charge in [0.1, 0.15) is 0 Å². The summed E-state index contributed by atoms with van der Waals surface area (Å²) in [6, 6.07) is 1.52. The summed E-state index contributed by atoms with van der Waals surface area (Å²) in [5.41, 5.74) is 0.250. The van der Waals surface area contributed by atoms with Crippen molar-refractivity contribution in [2.45, 2.75) is 5.88 Å². The molecule has 0 saturated carbocycles. The van der Waals surface area contributed by atoms with Gasteiger partial charge in [-0.15, -0.1) is 11.6 Å². The quantitative estimate of drug-likeness (QED) is 0.665. The van der Waals surface area contributed by atoms with Gasteiger partial charge in [0.2, 0.25) is 0 Å². The molecular formula is C6H7ClN2O2. The number of nitrogens with one attached hydrogen (secondary N) is 1. The Hall–Kier alpha value is -1.03. The number of methoxy groups -OCH3 is 1. The number of H-pyrrole nitrogens is 1. The Labute approximate surface area is 68.2 Å². The van der Waals surface area contributed by atoms with Crippen LogP contribution in [0.3, 0.4) is 0 Å². The van der Waals surface area contributed by atoms with Gasteiger partial charge in [-0.3, -0.25) is 4.79 Å². The van der Waals surface area contributed by atoms with Crippen molar-refractivity contribution in [1.82, 2.24) is 9.97 Å². The maximum absolute atomic E-state index is 10.8. The van der Waals surface area contributed by atoms with E-state index in [0.29, 0.717) is 5.69 Å². The maximum atomic E-state index is 10.8. The minimum absolute atomic E-state index is 0.188. The second-order valence-electron chi connectivity index (χ2n) is 1.89. The molecule has 0 fully saturated rings. The molecule has 0 saturated heterocycles. The van der Waals surface area contributed by atoms with Crippen LogP contribution in [0.4, 0.5) is 0 Å². The molecule has 1 rings (SSSR count). The number of hydrogen-bond donors (Lipinski definition) is 1. The van der Waals surface area contributed by atoms with Crippen LogP contribution >= 0.6 is 11.6 Å². The minimum Gasteiger partial charge on any atom is -0.468 e. The number of aromatic amines is 1. The molecule has 5 heteroatoms. The van der Waals surface area contributed by atoms with Gasteiger partial charge in [0.15, 0.2) is 0 Å². The molecule has 1 aromatic heterocycles. The van der Waals surface area contributed by atoms with E-state index in [4.69, 9.17) is 16.3 Å². The van der Waals surface area contributed by atoms with Crippen molar-refractivity contribution in [2.24, 2.45) is 0 Å². The van der Waals surface area contributed by atoms with E-state index in [1.54, 1.807) is 0 Å². The van der Waals surface area contributed by atoms with Crippen LogP contribution in [0.15, 0.2) is 10.9 Å². The lowest BCUT2D eigenvalue weighted by atomic mass is 10.4. The van der Waals surface area contributed by atoms with Crippen molar-refractivity contribution in [2.75, 3.05) is 7.11 Å². The minimum atomic E-state index is -0.351. The molecule has 4 nitrogen and oxygen atoms in total. The monoisotopic (exact) mass is 174 g/mol. The third-order valence-corrected chi connectivity index (χ3v) is 1.40. The number of rotatable bonds is 2. The smallest absolute Gasteiger partial charge is 0.296 e. The van der Waals surface area contributed by atoms with Crippen molar-refractivity contribution in [3.05, 3.63) is 22.1 Å². The van der Waals surface area contributed by atoms with Gasteiger partial charge in [-0.2, -0.15) is 4.98 Å². The van der Waals surface area contributed by atoms with E-state index in [2.05, 4.69) is 9.97 Å². The van der Waals surface area contributed by atoms with Crippen molar-refractivity contribution in [3.63, 3.8) is 0 Å². The Morgan fingerprint density at radius 3 is 3.09 bits per heavy atom. The topological polar surface area (TPSA) is 55.0 Å². The van der Waals surface area contributed by atoms with Crippen LogP contribution in [0.1, 0.15) is 5.69 Å². The van der Waals surface area contributed by atoms with Crippen LogP contribution in [-0.2, 0) is 5.88 Å². The number of halogens is 1. The molecule has 0 aliphatic heterocycles. The number of aromatic nitrogens is 2. The van der Waals surface area contributed by atoms with Gasteiger partial charge in [-0.1, -0.05) is 0 Å². The van der Waals surface area contributed by atoms with E-state index in [9.17, 15) is 4.79 Å². The zero-order valence-electron chi connectivity index (χ0n) is 5.93. The van der Waals surface area contributed by atoms with Crippen LogP contribution in [0.5, 0.6) is 6.01 Å². The molecule has 0 atom stereocenters. The fourth-order valence-corrected chi connectivity index (χ4v) is 0.795. The molecule has 1 N–H and O–H groups in total. The lowest BCUT2D eigenvalue weighted by molar-refractivity contribution is 0.377. The predicted octanol–water partition coefficient (Wildman–Crippen LogP) is 0.517. The Morgan fingerprint density at radius 2 is 2.55 bits per heavy atom. The largest absolute Gasteiger partial charge is 0.468 e. The molecule has 0 radical (unpaired) electrons. The van der Waals surface area contributed by atoms with Crippen molar-refractivity contribution < 1.29 is 4.74 Å². The number of hydrogen-bond acceptors (Lipinski definition) is 3. The highest BCUT2D eigenvalue weighted by molar-refractivity contribution is 6.16. The van der Waals surface area contributed by atoms with E-state index < -0.39 is 0 Å². The first-order chi connectivity index (χ1) is 5.26. The number of alkyl halides is 1. The molecule has 0 aromatic carbocycles. The van der Waals surface area contributed by atoms with E-state index in [-0.39, 0.29) is 17.4 Å². The predicted molar refractivity (Wildman–Crippen MR) is 41.0 cm³/mol. The zero-order chi connectivity index (χ0) is 8.27. The van der Waals surface area contributed by atoms with E-state index in [1.807, 2.05) is 0 Å². The van der Waals surface area contributed by atoms with Crippen LogP contribution in [0, 0.1) is 0 Å². The molecule has 0 bridgehead atoms. The van der Waals surface area contributed by atoms with Crippen LogP contribution < -0.4 is 10.3 Å². The fraction of sp³-hybridized carbons (Fsp3) is 0.333. The summed E-state index contributed by atoms with van der Waals surface area (Å²) >= 11 is 5.47. The van der Waals surface area contributed by atoms with Crippen LogP contribution in [-0.4, -0.2) is 17.1 Å². The van der Waals surface area contributed by atoms with Gasteiger partial charge in [-0.05, 0) is 0 Å². The van der Waals surface area contributed by atoms with E-state index >= 15 is 0 Å². The third kappa shape index (κ3) is 1.94. The summed E-state index contributed by atoms with van der Waals surface area (Å²) < 4.78 is 4.71. The summed E-state index contributed by atoms with van der Waals surface area (Å²) in [5, 5.41) is 0. The summed E-state index contributed by atoms with van der Waals surface area (Å²) in [6.07, 6.45) is 0. The molecule has 1 heterocycles. The standard InChI is InChI=1S/C6H7ClN2O2/c1-11-6-8-4(3-7)2-5(10)9-6/h2H,3H2,1H3,(H,8,9,10). The Kier molecular flexibility index (Phi) is 2.48. The first kappa shape index (κ1) is 8.07. The normalized spacial score (nSPS) is 9.64. The molecule has 0 amide bonds. The molecule has 60 valence electrons. The fourth-order valence-electron chi connectivity index (χ4n) is 0.651. The van der Waals surface area contributed by atoms with Gasteiger partial charge in [0.25, 0.3) is 11.6 Å². The molecule has 1 aromatic rings. The highest BCUT2D eigenvalue weighted by Crippen LogP contribution is 2.00. The second kappa shape index (κ2) is 3.39. The number of nitrogens with zero attached hydrogens (tertiary/aromatic N) is 1. The lowest BCUT2D eigenvalue weighted by Gasteiger charge is -1.98. The van der Waals surface area contributed by atoms with Gasteiger partial charge in [0, 0.05) is 11.8 Å². The molecule has 0 aliphatic rings. The average molecular weight is 175 g/mol.